The summed E-state index contributed by atoms with van der Waals surface area (Å²) in [4.78, 5) is 3.97. The van der Waals surface area contributed by atoms with Gasteiger partial charge in [0.2, 0.25) is 0 Å². The van der Waals surface area contributed by atoms with Crippen molar-refractivity contribution in [3.8, 4) is 12.3 Å². The molecule has 0 aromatic carbocycles. The van der Waals surface area contributed by atoms with E-state index in [0.717, 1.165) is 0 Å². The molecule has 0 N–H and O–H groups in total. The quantitative estimate of drug-likeness (QED) is 0.381. The zero-order valence-electron chi connectivity index (χ0n) is 6.55. The van der Waals surface area contributed by atoms with Gasteiger partial charge in [-0.15, -0.1) is 6.42 Å². The van der Waals surface area contributed by atoms with Gasteiger partial charge in [-0.05, 0) is 28.2 Å². The molecule has 0 heterocycles. The van der Waals surface area contributed by atoms with Crippen LogP contribution in [0, 0.1) is 12.3 Å². The van der Waals surface area contributed by atoms with Gasteiger partial charge < -0.3 is 0 Å². The van der Waals surface area contributed by atoms with Gasteiger partial charge in [0.15, 0.2) is 0 Å². The van der Waals surface area contributed by atoms with E-state index < -0.39 is 0 Å². The van der Waals surface area contributed by atoms with Gasteiger partial charge in [0.25, 0.3) is 0 Å². The summed E-state index contributed by atoms with van der Waals surface area (Å²) in [5, 5.41) is 0. The molecule has 0 saturated carbocycles. The van der Waals surface area contributed by atoms with Crippen LogP contribution in [0.3, 0.4) is 0 Å². The second-order valence-electron chi connectivity index (χ2n) is 2.47. The molecular weight excluding hydrogens is 112 g/mol. The van der Waals surface area contributed by atoms with E-state index in [1.807, 2.05) is 38.0 Å². The molecule has 0 spiro atoms. The number of rotatable bonds is 2. The molecule has 0 aliphatic heterocycles. The minimum absolute atomic E-state index is 0.116. The van der Waals surface area contributed by atoms with Crippen LogP contribution in [0.25, 0.3) is 0 Å². The van der Waals surface area contributed by atoms with Gasteiger partial charge in [0.1, 0.15) is 6.17 Å². The Kier molecular flexibility index (Phi) is 3.29. The predicted octanol–water partition coefficient (Wildman–Crippen LogP) is 0.0689. The first-order chi connectivity index (χ1) is 4.09. The molecule has 2 heteroatoms. The Balaban J connectivity index is 3.87. The zero-order chi connectivity index (χ0) is 7.44. The topological polar surface area (TPSA) is 6.48 Å². The molecule has 2 nitrogen and oxygen atoms in total. The standard InChI is InChI=1S/C7H14N2/c1-6-7(8(2)3)9(4)5/h1,7H,2-5H3. The molecular formula is C7H14N2. The second-order valence-corrected chi connectivity index (χ2v) is 2.47. The normalized spacial score (nSPS) is 10.9. The average molecular weight is 126 g/mol. The monoisotopic (exact) mass is 126 g/mol. The predicted molar refractivity (Wildman–Crippen MR) is 40.0 cm³/mol. The van der Waals surface area contributed by atoms with Gasteiger partial charge in [-0.25, -0.2) is 0 Å². The Morgan fingerprint density at radius 3 is 1.44 bits per heavy atom. The molecule has 0 saturated heterocycles. The molecule has 0 aromatic heterocycles. The van der Waals surface area contributed by atoms with E-state index in [1.54, 1.807) is 0 Å². The first-order valence-corrected chi connectivity index (χ1v) is 2.88. The van der Waals surface area contributed by atoms with Crippen LogP contribution >= 0.6 is 0 Å². The van der Waals surface area contributed by atoms with E-state index in [-0.39, 0.29) is 6.17 Å². The van der Waals surface area contributed by atoms with Gasteiger partial charge in [0, 0.05) is 0 Å². The van der Waals surface area contributed by atoms with E-state index in [4.69, 9.17) is 6.42 Å². The van der Waals surface area contributed by atoms with Crippen molar-refractivity contribution in [2.75, 3.05) is 28.2 Å². The van der Waals surface area contributed by atoms with Crippen LogP contribution < -0.4 is 0 Å². The highest BCUT2D eigenvalue weighted by Gasteiger charge is 2.07. The fourth-order valence-corrected chi connectivity index (χ4v) is 0.760. The third-order valence-corrected chi connectivity index (χ3v) is 1.13. The average Bonchev–Trinajstić information content (AvgIpc) is 1.64. The van der Waals surface area contributed by atoms with Crippen LogP contribution in [0.4, 0.5) is 0 Å². The highest BCUT2D eigenvalue weighted by molar-refractivity contribution is 4.96. The van der Waals surface area contributed by atoms with Crippen molar-refractivity contribution in [1.82, 2.24) is 9.80 Å². The minimum atomic E-state index is 0.116. The van der Waals surface area contributed by atoms with E-state index in [0.29, 0.717) is 0 Å². The van der Waals surface area contributed by atoms with Gasteiger partial charge in [-0.1, -0.05) is 5.92 Å². The first-order valence-electron chi connectivity index (χ1n) is 2.88. The summed E-state index contributed by atoms with van der Waals surface area (Å²) in [6.07, 6.45) is 5.36. The molecule has 52 valence electrons. The molecule has 0 amide bonds. The number of hydrogen-bond acceptors (Lipinski definition) is 2. The van der Waals surface area contributed by atoms with Gasteiger partial charge in [0.05, 0.1) is 0 Å². The number of hydrogen-bond donors (Lipinski definition) is 0. The summed E-state index contributed by atoms with van der Waals surface area (Å²) >= 11 is 0. The van der Waals surface area contributed by atoms with Crippen molar-refractivity contribution in [3.63, 3.8) is 0 Å². The molecule has 0 aliphatic carbocycles. The van der Waals surface area contributed by atoms with Crippen LogP contribution in [-0.2, 0) is 0 Å². The minimum Gasteiger partial charge on any atom is -0.284 e. The van der Waals surface area contributed by atoms with Crippen molar-refractivity contribution in [3.05, 3.63) is 0 Å². The van der Waals surface area contributed by atoms with Crippen molar-refractivity contribution >= 4 is 0 Å². The fraction of sp³-hybridized carbons (Fsp3) is 0.714. The number of terminal acetylenes is 1. The molecule has 9 heavy (non-hydrogen) atoms. The Morgan fingerprint density at radius 1 is 1.11 bits per heavy atom. The summed E-state index contributed by atoms with van der Waals surface area (Å²) in [5.41, 5.74) is 0. The van der Waals surface area contributed by atoms with Crippen LogP contribution in [-0.4, -0.2) is 44.2 Å². The van der Waals surface area contributed by atoms with E-state index >= 15 is 0 Å². The Bertz CT molecular complexity index is 103. The summed E-state index contributed by atoms with van der Waals surface area (Å²) in [5.74, 6) is 2.65. The Morgan fingerprint density at radius 2 is 1.44 bits per heavy atom. The molecule has 0 rings (SSSR count). The summed E-state index contributed by atoms with van der Waals surface area (Å²) < 4.78 is 0. The molecule has 0 aliphatic rings. The molecule has 0 atom stereocenters. The second kappa shape index (κ2) is 3.49. The van der Waals surface area contributed by atoms with Gasteiger partial charge >= 0.3 is 0 Å². The van der Waals surface area contributed by atoms with E-state index in [9.17, 15) is 0 Å². The SMILES string of the molecule is C#CC(N(C)C)N(C)C. The molecule has 0 bridgehead atoms. The largest absolute Gasteiger partial charge is 0.284 e. The van der Waals surface area contributed by atoms with Crippen molar-refractivity contribution in [2.45, 2.75) is 6.17 Å². The lowest BCUT2D eigenvalue weighted by Crippen LogP contribution is -2.39. The Hall–Kier alpha value is -0.520. The van der Waals surface area contributed by atoms with Crippen LogP contribution in [0.5, 0.6) is 0 Å². The smallest absolute Gasteiger partial charge is 0.125 e. The highest BCUT2D eigenvalue weighted by atomic mass is 15.3. The van der Waals surface area contributed by atoms with Gasteiger partial charge in [-0.3, -0.25) is 9.80 Å². The molecule has 0 radical (unpaired) electrons. The third-order valence-electron chi connectivity index (χ3n) is 1.13. The van der Waals surface area contributed by atoms with Crippen LogP contribution in [0.2, 0.25) is 0 Å². The lowest BCUT2D eigenvalue weighted by atomic mass is 10.4. The lowest BCUT2D eigenvalue weighted by molar-refractivity contribution is 0.182. The van der Waals surface area contributed by atoms with Crippen LogP contribution in [0.1, 0.15) is 0 Å². The lowest BCUT2D eigenvalue weighted by Gasteiger charge is -2.24. The van der Waals surface area contributed by atoms with E-state index in [1.165, 1.54) is 0 Å². The molecule has 0 fully saturated rings. The van der Waals surface area contributed by atoms with Crippen LogP contribution in [0.15, 0.2) is 0 Å². The van der Waals surface area contributed by atoms with Crippen molar-refractivity contribution in [1.29, 1.82) is 0 Å². The number of nitrogens with zero attached hydrogens (tertiary/aromatic N) is 2. The Labute approximate surface area is 57.4 Å². The maximum absolute atomic E-state index is 5.24. The fourth-order valence-electron chi connectivity index (χ4n) is 0.760. The first kappa shape index (κ1) is 8.48. The van der Waals surface area contributed by atoms with Gasteiger partial charge in [-0.2, -0.15) is 0 Å². The maximum Gasteiger partial charge on any atom is 0.125 e. The summed E-state index contributed by atoms with van der Waals surface area (Å²) in [6, 6.07) is 0. The zero-order valence-corrected chi connectivity index (χ0v) is 6.55. The molecule has 0 unspecified atom stereocenters. The van der Waals surface area contributed by atoms with E-state index in [2.05, 4.69) is 5.92 Å². The maximum atomic E-state index is 5.24. The van der Waals surface area contributed by atoms with Crippen molar-refractivity contribution < 1.29 is 0 Å². The third kappa shape index (κ3) is 2.50. The highest BCUT2D eigenvalue weighted by Crippen LogP contribution is 1.92. The van der Waals surface area contributed by atoms with Crippen molar-refractivity contribution in [2.24, 2.45) is 0 Å². The molecule has 0 aromatic rings. The summed E-state index contributed by atoms with van der Waals surface area (Å²) in [6.45, 7) is 0. The summed E-state index contributed by atoms with van der Waals surface area (Å²) in [7, 11) is 7.85.